The van der Waals surface area contributed by atoms with E-state index in [9.17, 15) is 184 Å². The molecule has 1 saturated heterocycles. The Hall–Kier alpha value is -2.28. The van der Waals surface area contributed by atoms with Crippen LogP contribution in [0, 0.1) is 0 Å². The number of ether oxygens (including phenoxy) is 1. The van der Waals surface area contributed by atoms with Gasteiger partial charge in [-0.15, -0.1) is 0 Å². The van der Waals surface area contributed by atoms with Crippen molar-refractivity contribution in [3.05, 3.63) is 0 Å². The number of rotatable bonds is 22. The van der Waals surface area contributed by atoms with Gasteiger partial charge in [0, 0.05) is 17.9 Å². The molecule has 70 heavy (non-hydrogen) atoms. The van der Waals surface area contributed by atoms with Gasteiger partial charge in [-0.3, -0.25) is 0 Å². The Morgan fingerprint density at radius 3 is 0.514 bits per heavy atom. The molecule has 0 spiro atoms. The Morgan fingerprint density at radius 2 is 0.386 bits per heavy atom. The van der Waals surface area contributed by atoms with Crippen LogP contribution in [0.5, 0.6) is 0 Å². The summed E-state index contributed by atoms with van der Waals surface area (Å²) >= 11 is -5.54. The quantitative estimate of drug-likeness (QED) is 0.100. The fourth-order valence-electron chi connectivity index (χ4n) is 4.37. The third-order valence-corrected chi connectivity index (χ3v) is 11.5. The van der Waals surface area contributed by atoms with Crippen LogP contribution in [-0.2, 0) is 4.74 Å². The molecule has 0 aliphatic carbocycles. The van der Waals surface area contributed by atoms with Crippen molar-refractivity contribution in [1.82, 2.24) is 0 Å². The number of hydrogen-bond donors (Lipinski definition) is 0. The highest BCUT2D eigenvalue weighted by Gasteiger charge is 3.00. The predicted molar refractivity (Wildman–Crippen MR) is 139 cm³/mol. The second kappa shape index (κ2) is 16.9. The summed E-state index contributed by atoms with van der Waals surface area (Å²) in [5.74, 6) is -155. The van der Waals surface area contributed by atoms with Crippen molar-refractivity contribution in [3.63, 3.8) is 0 Å². The molecule has 0 bridgehead atoms. The number of thioether (sulfide) groups is 2. The number of alkyl halides is 42. The van der Waals surface area contributed by atoms with E-state index in [1.165, 1.54) is 0 Å². The van der Waals surface area contributed by atoms with Gasteiger partial charge in [-0.2, -0.15) is 184 Å². The first-order chi connectivity index (χ1) is 29.6. The summed E-state index contributed by atoms with van der Waals surface area (Å²) < 4.78 is 575. The third kappa shape index (κ3) is 8.34. The average molecular weight is 1190 g/mol. The maximum Gasteiger partial charge on any atom is 0.460 e. The summed E-state index contributed by atoms with van der Waals surface area (Å²) in [7, 11) is 0. The molecule has 1 fully saturated rings. The molecule has 420 valence electrons. The summed E-state index contributed by atoms with van der Waals surface area (Å²) in [4.78, 5) is 0. The van der Waals surface area contributed by atoms with E-state index >= 15 is 0 Å². The molecule has 1 aliphatic rings. The van der Waals surface area contributed by atoms with Gasteiger partial charge in [0.15, 0.2) is 0 Å². The molecule has 45 heteroatoms. The Labute approximate surface area is 361 Å². The van der Waals surface area contributed by atoms with Crippen molar-refractivity contribution < 1.29 is 189 Å². The Balaban J connectivity index is 3.67. The lowest BCUT2D eigenvalue weighted by molar-refractivity contribution is -0.472. The molecule has 0 saturated carbocycles. The van der Waals surface area contributed by atoms with Crippen molar-refractivity contribution >= 4 is 23.5 Å². The van der Waals surface area contributed by atoms with E-state index in [0.717, 1.165) is 0 Å². The van der Waals surface area contributed by atoms with E-state index in [0.29, 0.717) is 0 Å². The lowest BCUT2D eigenvalue weighted by Crippen LogP contribution is -2.76. The van der Waals surface area contributed by atoms with E-state index in [1.807, 2.05) is 0 Å². The van der Waals surface area contributed by atoms with Crippen LogP contribution >= 0.6 is 23.5 Å². The van der Waals surface area contributed by atoms with Crippen LogP contribution in [0.2, 0.25) is 0 Å². The molecule has 1 heterocycles. The van der Waals surface area contributed by atoms with Crippen LogP contribution in [0.15, 0.2) is 0 Å². The Bertz CT molecular complexity index is 1740. The lowest BCUT2D eigenvalue weighted by Gasteiger charge is -2.46. The molecule has 0 aromatic heterocycles. The van der Waals surface area contributed by atoms with E-state index in [2.05, 4.69) is 4.74 Å². The second-order valence-electron chi connectivity index (χ2n) is 13.6. The van der Waals surface area contributed by atoms with Crippen LogP contribution < -0.4 is 0 Å². The van der Waals surface area contributed by atoms with Gasteiger partial charge >= 0.3 is 118 Å². The van der Waals surface area contributed by atoms with Crippen LogP contribution in [0.3, 0.4) is 0 Å². The first-order valence-corrected chi connectivity index (χ1v) is 17.4. The molecule has 1 aliphatic heterocycles. The van der Waals surface area contributed by atoms with E-state index in [1.54, 1.807) is 0 Å². The zero-order valence-electron chi connectivity index (χ0n) is 30.4. The largest absolute Gasteiger partial charge is 0.460 e. The van der Waals surface area contributed by atoms with Crippen molar-refractivity contribution in [2.24, 2.45) is 0 Å². The van der Waals surface area contributed by atoms with Crippen molar-refractivity contribution in [1.29, 1.82) is 0 Å². The van der Waals surface area contributed by atoms with Gasteiger partial charge in [0.25, 0.3) is 0 Å². The topological polar surface area (TPSA) is 9.23 Å². The van der Waals surface area contributed by atoms with Crippen molar-refractivity contribution in [2.45, 2.75) is 130 Å². The zero-order valence-corrected chi connectivity index (χ0v) is 32.1. The monoisotopic (exact) mass is 1190 g/mol. The van der Waals surface area contributed by atoms with Gasteiger partial charge < -0.3 is 4.74 Å². The maximum absolute atomic E-state index is 14.4. The highest BCUT2D eigenvalue weighted by atomic mass is 32.2. The normalized spacial score (nSPS) is 18.6. The number of hydrogen-bond acceptors (Lipinski definition) is 3. The van der Waals surface area contributed by atoms with E-state index in [4.69, 9.17) is 0 Å². The highest BCUT2D eigenvalue weighted by molar-refractivity contribution is 8.01. The molecule has 0 N–H and O–H groups in total. The number of halogens is 42. The van der Waals surface area contributed by atoms with Gasteiger partial charge in [-0.05, 0) is 0 Å². The van der Waals surface area contributed by atoms with Crippen LogP contribution in [0.4, 0.5) is 184 Å². The van der Waals surface area contributed by atoms with Gasteiger partial charge in [-0.25, -0.2) is 0 Å². The summed E-state index contributed by atoms with van der Waals surface area (Å²) in [6.07, 6.45) is -18.3. The standard InChI is InChI=1S/C25H8F42OS2/c26-6(27,10(34,35)14(42,43)18(50,51)22(58,59)60)8(30,31)12(38,39)16(46,47)20(54,55)24(64,65)69-3-5(1-2-68-5)4-70-25(66,67)21(56,57)17(48,49)13(40,41)9(32,33)7(28,29)11(36,37)15(44,45)19(52,53)23(61,62)63/h1-4H2. The summed E-state index contributed by atoms with van der Waals surface area (Å²) in [6, 6.07) is 0. The van der Waals surface area contributed by atoms with Crippen molar-refractivity contribution in [3.8, 4) is 0 Å². The van der Waals surface area contributed by atoms with Crippen LogP contribution in [0.25, 0.3) is 0 Å². The van der Waals surface area contributed by atoms with Crippen molar-refractivity contribution in [2.75, 3.05) is 18.1 Å². The third-order valence-electron chi connectivity index (χ3n) is 8.96. The zero-order chi connectivity index (χ0) is 57.4. The minimum Gasteiger partial charge on any atom is -0.373 e. The minimum absolute atomic E-state index is 1.41. The molecule has 0 atom stereocenters. The molecular formula is C25H8F42OS2. The molecule has 1 nitrogen and oxygen atoms in total. The maximum atomic E-state index is 14.4. The first-order valence-electron chi connectivity index (χ1n) is 15.5. The molecule has 0 amide bonds. The SMILES string of the molecule is FC(F)(F)C(F)(F)C(F)(F)C(F)(F)C(F)(F)C(F)(F)C(F)(F)C(F)(F)C(F)(F)C(F)(F)SCC1(CSC(F)(F)C(F)(F)C(F)(F)C(F)(F)C(F)(F)C(F)(F)C(F)(F)C(F)(F)C(F)(F)C(F)(F)F)CCO1. The van der Waals surface area contributed by atoms with Gasteiger partial charge in [-0.1, -0.05) is 23.5 Å². The summed E-state index contributed by atoms with van der Waals surface area (Å²) in [5.41, 5.74) is -3.84. The fraction of sp³-hybridized carbons (Fsp3) is 1.00. The predicted octanol–water partition coefficient (Wildman–Crippen LogP) is 15.1. The smallest absolute Gasteiger partial charge is 0.373 e. The minimum atomic E-state index is -9.68. The second-order valence-corrected chi connectivity index (χ2v) is 15.8. The van der Waals surface area contributed by atoms with Gasteiger partial charge in [0.1, 0.15) is 0 Å². The highest BCUT2D eigenvalue weighted by Crippen LogP contribution is 2.70. The van der Waals surface area contributed by atoms with Crippen LogP contribution in [-0.4, -0.2) is 141 Å². The van der Waals surface area contributed by atoms with Gasteiger partial charge in [0.2, 0.25) is 0 Å². The molecule has 0 aromatic rings. The average Bonchev–Trinajstić information content (AvgIpc) is 3.11. The molecule has 0 aromatic carbocycles. The molecular weight excluding hydrogens is 1180 g/mol. The van der Waals surface area contributed by atoms with E-state index < -0.39 is 171 Å². The molecule has 1 rings (SSSR count). The fourth-order valence-corrected chi connectivity index (χ4v) is 6.67. The summed E-state index contributed by atoms with van der Waals surface area (Å²) in [5, 5.41) is -15.4. The molecule has 0 radical (unpaired) electrons. The lowest BCUT2D eigenvalue weighted by atomic mass is 9.87. The van der Waals surface area contributed by atoms with E-state index in [-0.39, 0.29) is 0 Å². The van der Waals surface area contributed by atoms with Gasteiger partial charge in [0.05, 0.1) is 12.2 Å². The Morgan fingerprint density at radius 1 is 0.243 bits per heavy atom. The Kier molecular flexibility index (Phi) is 15.8. The van der Waals surface area contributed by atoms with Crippen LogP contribution in [0.1, 0.15) is 6.42 Å². The first kappa shape index (κ1) is 65.7. The molecule has 0 unspecified atom stereocenters. The summed E-state index contributed by atoms with van der Waals surface area (Å²) in [6.45, 7) is -1.41.